The Bertz CT molecular complexity index is 1290. The minimum atomic E-state index is -0.116. The van der Waals surface area contributed by atoms with Crippen LogP contribution in [0.5, 0.6) is 0 Å². The van der Waals surface area contributed by atoms with E-state index >= 15 is 0 Å². The number of benzene rings is 3. The Hall–Kier alpha value is -3.66. The van der Waals surface area contributed by atoms with Gasteiger partial charge in [-0.3, -0.25) is 4.57 Å². The number of fused-ring (bicyclic) bond motifs is 3. The van der Waals surface area contributed by atoms with Gasteiger partial charge in [-0.2, -0.15) is 0 Å². The molecule has 0 aliphatic rings. The van der Waals surface area contributed by atoms with Gasteiger partial charge < -0.3 is 0 Å². The molecule has 2 heterocycles. The van der Waals surface area contributed by atoms with Gasteiger partial charge in [0.2, 0.25) is 0 Å². The molecule has 0 fully saturated rings. The Morgan fingerprint density at radius 3 is 2.15 bits per heavy atom. The third-order valence-corrected chi connectivity index (χ3v) is 4.59. The summed E-state index contributed by atoms with van der Waals surface area (Å²) >= 11 is 0. The SMILES string of the molecule is O=c1n(-c2ccccc2)c(-c2ccccc2)c2ncc3ccccc3n12. The van der Waals surface area contributed by atoms with Crippen LogP contribution in [0.25, 0.3) is 33.5 Å². The van der Waals surface area contributed by atoms with Gasteiger partial charge in [0.1, 0.15) is 5.69 Å². The van der Waals surface area contributed by atoms with Gasteiger partial charge in [0, 0.05) is 17.1 Å². The Balaban J connectivity index is 2.01. The maximum absolute atomic E-state index is 13.4. The largest absolute Gasteiger partial charge is 0.339 e. The van der Waals surface area contributed by atoms with Gasteiger partial charge in [-0.05, 0) is 18.2 Å². The van der Waals surface area contributed by atoms with Gasteiger partial charge in [0.15, 0.2) is 5.65 Å². The van der Waals surface area contributed by atoms with Crippen LogP contribution in [0.1, 0.15) is 0 Å². The van der Waals surface area contributed by atoms with Gasteiger partial charge in [-0.25, -0.2) is 14.2 Å². The van der Waals surface area contributed by atoms with Gasteiger partial charge >= 0.3 is 5.69 Å². The standard InChI is InChI=1S/C22H15N3O/c26-22-24(18-12-5-2-6-13-18)20(16-9-3-1-4-10-16)21-23-15-17-11-7-8-14-19(17)25(21)22/h1-15H. The van der Waals surface area contributed by atoms with Crippen molar-refractivity contribution in [3.8, 4) is 16.9 Å². The van der Waals surface area contributed by atoms with Crippen molar-refractivity contribution in [2.75, 3.05) is 0 Å². The van der Waals surface area contributed by atoms with E-state index in [1.807, 2.05) is 91.1 Å². The van der Waals surface area contributed by atoms with E-state index in [-0.39, 0.29) is 5.69 Å². The van der Waals surface area contributed by atoms with Crippen LogP contribution in [0.4, 0.5) is 0 Å². The molecule has 0 unspecified atom stereocenters. The van der Waals surface area contributed by atoms with Crippen molar-refractivity contribution in [1.29, 1.82) is 0 Å². The second kappa shape index (κ2) is 5.70. The van der Waals surface area contributed by atoms with E-state index in [2.05, 4.69) is 4.98 Å². The molecule has 0 saturated heterocycles. The Morgan fingerprint density at radius 1 is 0.731 bits per heavy atom. The van der Waals surface area contributed by atoms with Crippen molar-refractivity contribution in [3.05, 3.63) is 102 Å². The van der Waals surface area contributed by atoms with Gasteiger partial charge in [0.05, 0.1) is 11.2 Å². The average Bonchev–Trinajstić information content (AvgIpc) is 3.02. The van der Waals surface area contributed by atoms with E-state index in [1.165, 1.54) is 0 Å². The average molecular weight is 337 g/mol. The molecule has 0 aliphatic heterocycles. The summed E-state index contributed by atoms with van der Waals surface area (Å²) < 4.78 is 3.44. The third kappa shape index (κ3) is 2.09. The molecule has 5 rings (SSSR count). The zero-order valence-electron chi connectivity index (χ0n) is 13.9. The minimum Gasteiger partial charge on any atom is -0.258 e. The number of nitrogens with zero attached hydrogens (tertiary/aromatic N) is 3. The van der Waals surface area contributed by atoms with Gasteiger partial charge in [-0.15, -0.1) is 0 Å². The van der Waals surface area contributed by atoms with E-state index in [1.54, 1.807) is 8.97 Å². The Morgan fingerprint density at radius 2 is 1.38 bits per heavy atom. The summed E-state index contributed by atoms with van der Waals surface area (Å²) in [6.45, 7) is 0. The lowest BCUT2D eigenvalue weighted by atomic mass is 10.1. The van der Waals surface area contributed by atoms with Crippen molar-refractivity contribution in [2.24, 2.45) is 0 Å². The van der Waals surface area contributed by atoms with E-state index in [9.17, 15) is 4.79 Å². The molecule has 0 bridgehead atoms. The second-order valence-electron chi connectivity index (χ2n) is 6.14. The van der Waals surface area contributed by atoms with E-state index < -0.39 is 0 Å². The molecule has 3 aromatic carbocycles. The number of para-hydroxylation sites is 2. The van der Waals surface area contributed by atoms with Crippen molar-refractivity contribution in [2.45, 2.75) is 0 Å². The Labute approximate surface area is 149 Å². The lowest BCUT2D eigenvalue weighted by Gasteiger charge is -2.07. The van der Waals surface area contributed by atoms with Crippen LogP contribution in [-0.4, -0.2) is 14.0 Å². The highest BCUT2D eigenvalue weighted by atomic mass is 16.1. The van der Waals surface area contributed by atoms with Crippen molar-refractivity contribution >= 4 is 16.6 Å². The quantitative estimate of drug-likeness (QED) is 0.482. The van der Waals surface area contributed by atoms with Crippen LogP contribution in [0.2, 0.25) is 0 Å². The van der Waals surface area contributed by atoms with Crippen LogP contribution in [-0.2, 0) is 0 Å². The molecular weight excluding hydrogens is 322 g/mol. The lowest BCUT2D eigenvalue weighted by Crippen LogP contribution is -2.19. The molecule has 0 radical (unpaired) electrons. The monoisotopic (exact) mass is 337 g/mol. The summed E-state index contributed by atoms with van der Waals surface area (Å²) in [5.41, 5.74) is 3.98. The topological polar surface area (TPSA) is 39.3 Å². The normalized spacial score (nSPS) is 11.2. The molecule has 0 N–H and O–H groups in total. The van der Waals surface area contributed by atoms with Gasteiger partial charge in [0.25, 0.3) is 0 Å². The van der Waals surface area contributed by atoms with Crippen LogP contribution in [0.15, 0.2) is 95.9 Å². The zero-order chi connectivity index (χ0) is 17.5. The first-order chi connectivity index (χ1) is 12.8. The smallest absolute Gasteiger partial charge is 0.258 e. The summed E-state index contributed by atoms with van der Waals surface area (Å²) in [5.74, 6) is 0. The number of hydrogen-bond acceptors (Lipinski definition) is 2. The first kappa shape index (κ1) is 14.7. The molecule has 0 spiro atoms. The number of hydrogen-bond donors (Lipinski definition) is 0. The molecule has 26 heavy (non-hydrogen) atoms. The van der Waals surface area contributed by atoms with Crippen LogP contribution < -0.4 is 5.69 Å². The first-order valence-electron chi connectivity index (χ1n) is 8.46. The molecule has 4 heteroatoms. The highest BCUT2D eigenvalue weighted by molar-refractivity contribution is 5.85. The number of imidazole rings is 1. The Kier molecular flexibility index (Phi) is 3.22. The fourth-order valence-corrected chi connectivity index (χ4v) is 3.43. The molecule has 2 aromatic heterocycles. The lowest BCUT2D eigenvalue weighted by molar-refractivity contribution is 0.960. The van der Waals surface area contributed by atoms with Crippen LogP contribution in [0.3, 0.4) is 0 Å². The maximum atomic E-state index is 13.4. The fourth-order valence-electron chi connectivity index (χ4n) is 3.43. The number of rotatable bonds is 2. The molecule has 0 saturated carbocycles. The predicted molar refractivity (Wildman–Crippen MR) is 104 cm³/mol. The van der Waals surface area contributed by atoms with Crippen molar-refractivity contribution in [3.63, 3.8) is 0 Å². The predicted octanol–water partition coefficient (Wildman–Crippen LogP) is 4.31. The molecule has 0 aliphatic carbocycles. The van der Waals surface area contributed by atoms with E-state index in [0.29, 0.717) is 5.65 Å². The maximum Gasteiger partial charge on any atom is 0.339 e. The highest BCUT2D eigenvalue weighted by Gasteiger charge is 2.19. The summed E-state index contributed by atoms with van der Waals surface area (Å²) in [6, 6.07) is 27.4. The fraction of sp³-hybridized carbons (Fsp3) is 0. The van der Waals surface area contributed by atoms with Gasteiger partial charge in [-0.1, -0.05) is 66.7 Å². The molecule has 0 atom stereocenters. The molecular formula is C22H15N3O. The minimum absolute atomic E-state index is 0.116. The van der Waals surface area contributed by atoms with E-state index in [0.717, 1.165) is 27.8 Å². The van der Waals surface area contributed by atoms with Crippen molar-refractivity contribution < 1.29 is 0 Å². The van der Waals surface area contributed by atoms with E-state index in [4.69, 9.17) is 0 Å². The summed E-state index contributed by atoms with van der Waals surface area (Å²) in [7, 11) is 0. The van der Waals surface area contributed by atoms with Crippen LogP contribution >= 0.6 is 0 Å². The van der Waals surface area contributed by atoms with Crippen molar-refractivity contribution in [1.82, 2.24) is 14.0 Å². The zero-order valence-corrected chi connectivity index (χ0v) is 13.9. The summed E-state index contributed by atoms with van der Waals surface area (Å²) in [4.78, 5) is 18.1. The summed E-state index contributed by atoms with van der Waals surface area (Å²) in [5, 5.41) is 0.937. The highest BCUT2D eigenvalue weighted by Crippen LogP contribution is 2.27. The molecule has 0 amide bonds. The number of aromatic nitrogens is 3. The van der Waals surface area contributed by atoms with Crippen LogP contribution in [0, 0.1) is 0 Å². The molecule has 5 aromatic rings. The first-order valence-corrected chi connectivity index (χ1v) is 8.46. The third-order valence-electron chi connectivity index (χ3n) is 4.59. The molecule has 124 valence electrons. The molecule has 4 nitrogen and oxygen atoms in total. The summed E-state index contributed by atoms with van der Waals surface area (Å²) in [6.07, 6.45) is 1.83. The second-order valence-corrected chi connectivity index (χ2v) is 6.14.